The maximum absolute atomic E-state index is 5.73. The summed E-state index contributed by atoms with van der Waals surface area (Å²) in [6, 6.07) is 0.443. The summed E-state index contributed by atoms with van der Waals surface area (Å²) in [6.45, 7) is 4.16. The normalized spacial score (nSPS) is 23.3. The molecule has 15 heavy (non-hydrogen) atoms. The summed E-state index contributed by atoms with van der Waals surface area (Å²) in [6.07, 6.45) is 12.6. The van der Waals surface area contributed by atoms with Crippen LogP contribution >= 0.6 is 0 Å². The Morgan fingerprint density at radius 1 is 1.53 bits per heavy atom. The molecule has 1 saturated heterocycles. The van der Waals surface area contributed by atoms with Gasteiger partial charge >= 0.3 is 0 Å². The number of hydrogen-bond donors (Lipinski definition) is 1. The molecule has 0 bridgehead atoms. The van der Waals surface area contributed by atoms with Gasteiger partial charge in [-0.2, -0.15) is 0 Å². The van der Waals surface area contributed by atoms with E-state index in [1.165, 1.54) is 19.3 Å². The summed E-state index contributed by atoms with van der Waals surface area (Å²) in [5, 5.41) is 3.50. The van der Waals surface area contributed by atoms with Gasteiger partial charge in [0.25, 0.3) is 0 Å². The summed E-state index contributed by atoms with van der Waals surface area (Å²) in [5.41, 5.74) is 0. The van der Waals surface area contributed by atoms with E-state index >= 15 is 0 Å². The van der Waals surface area contributed by atoms with Crippen LogP contribution in [0.4, 0.5) is 0 Å². The molecule has 2 unspecified atom stereocenters. The Balaban J connectivity index is 2.25. The fourth-order valence-electron chi connectivity index (χ4n) is 2.04. The van der Waals surface area contributed by atoms with Gasteiger partial charge in [-0.05, 0) is 38.6 Å². The molecule has 2 heteroatoms. The summed E-state index contributed by atoms with van der Waals surface area (Å²) in [7, 11) is 0. The minimum atomic E-state index is 0.432. The molecular weight excluding hydrogens is 186 g/mol. The third-order valence-electron chi connectivity index (χ3n) is 2.87. The lowest BCUT2D eigenvalue weighted by Crippen LogP contribution is -2.35. The number of hydrogen-bond acceptors (Lipinski definition) is 2. The Labute approximate surface area is 93.8 Å². The molecule has 0 saturated carbocycles. The van der Waals surface area contributed by atoms with Crippen LogP contribution in [0.5, 0.6) is 0 Å². The van der Waals surface area contributed by atoms with Crippen molar-refractivity contribution < 1.29 is 4.74 Å². The highest BCUT2D eigenvalue weighted by atomic mass is 16.5. The molecule has 1 aliphatic rings. The lowest BCUT2D eigenvalue weighted by molar-refractivity contribution is 0.00554. The predicted octanol–water partition coefficient (Wildman–Crippen LogP) is 2.34. The molecule has 0 aliphatic carbocycles. The molecule has 1 fully saturated rings. The molecule has 86 valence electrons. The van der Waals surface area contributed by atoms with Crippen molar-refractivity contribution in [3.05, 3.63) is 0 Å². The average Bonchev–Trinajstić information content (AvgIpc) is 2.28. The Morgan fingerprint density at radius 3 is 3.00 bits per heavy atom. The van der Waals surface area contributed by atoms with E-state index in [0.717, 1.165) is 32.4 Å². The number of rotatable bonds is 6. The minimum Gasteiger partial charge on any atom is -0.378 e. The highest BCUT2D eigenvalue weighted by Gasteiger charge is 2.18. The van der Waals surface area contributed by atoms with Crippen LogP contribution in [0.2, 0.25) is 0 Å². The Bertz CT molecular complexity index is 191. The van der Waals surface area contributed by atoms with Crippen LogP contribution < -0.4 is 5.32 Å². The lowest BCUT2D eigenvalue weighted by Gasteiger charge is -2.26. The molecule has 0 radical (unpaired) electrons. The first-order valence-electron chi connectivity index (χ1n) is 6.15. The van der Waals surface area contributed by atoms with E-state index in [-0.39, 0.29) is 0 Å². The molecule has 0 amide bonds. The maximum Gasteiger partial charge on any atom is 0.0590 e. The fourth-order valence-corrected chi connectivity index (χ4v) is 2.04. The van der Waals surface area contributed by atoms with E-state index in [9.17, 15) is 0 Å². The van der Waals surface area contributed by atoms with Crippen molar-refractivity contribution in [3.63, 3.8) is 0 Å². The van der Waals surface area contributed by atoms with Crippen LogP contribution in [0.1, 0.15) is 45.4 Å². The standard InChI is InChI=1S/C13H23NO/c1-3-7-12(14-9-4-2)11-13-8-5-6-10-15-13/h1,12-14H,4-11H2,2H3. The smallest absolute Gasteiger partial charge is 0.0590 e. The summed E-state index contributed by atoms with van der Waals surface area (Å²) < 4.78 is 5.73. The second-order valence-corrected chi connectivity index (χ2v) is 4.28. The van der Waals surface area contributed by atoms with E-state index < -0.39 is 0 Å². The maximum atomic E-state index is 5.73. The molecule has 0 aromatic carbocycles. The predicted molar refractivity (Wildman–Crippen MR) is 63.7 cm³/mol. The van der Waals surface area contributed by atoms with Crippen LogP contribution in [0.25, 0.3) is 0 Å². The molecular formula is C13H23NO. The lowest BCUT2D eigenvalue weighted by atomic mass is 10.00. The molecule has 2 nitrogen and oxygen atoms in total. The Morgan fingerprint density at radius 2 is 2.40 bits per heavy atom. The molecule has 1 heterocycles. The van der Waals surface area contributed by atoms with Gasteiger partial charge in [0.2, 0.25) is 0 Å². The zero-order valence-electron chi connectivity index (χ0n) is 9.80. The van der Waals surface area contributed by atoms with Crippen molar-refractivity contribution in [1.82, 2.24) is 5.32 Å². The van der Waals surface area contributed by atoms with Gasteiger partial charge in [0.15, 0.2) is 0 Å². The van der Waals surface area contributed by atoms with Crippen LogP contribution in [0.15, 0.2) is 0 Å². The minimum absolute atomic E-state index is 0.432. The summed E-state index contributed by atoms with van der Waals surface area (Å²) in [5.74, 6) is 2.75. The Hall–Kier alpha value is -0.520. The summed E-state index contributed by atoms with van der Waals surface area (Å²) >= 11 is 0. The number of ether oxygens (including phenoxy) is 1. The van der Waals surface area contributed by atoms with E-state index in [0.29, 0.717) is 12.1 Å². The van der Waals surface area contributed by atoms with Gasteiger partial charge in [-0.1, -0.05) is 6.92 Å². The van der Waals surface area contributed by atoms with Gasteiger partial charge in [-0.15, -0.1) is 12.3 Å². The van der Waals surface area contributed by atoms with Crippen molar-refractivity contribution in [2.75, 3.05) is 13.2 Å². The first-order chi connectivity index (χ1) is 7.36. The monoisotopic (exact) mass is 209 g/mol. The zero-order chi connectivity index (χ0) is 10.9. The van der Waals surface area contributed by atoms with Crippen molar-refractivity contribution in [3.8, 4) is 12.3 Å². The van der Waals surface area contributed by atoms with Crippen molar-refractivity contribution >= 4 is 0 Å². The van der Waals surface area contributed by atoms with Crippen LogP contribution in [-0.2, 0) is 4.74 Å². The van der Waals surface area contributed by atoms with Gasteiger partial charge in [-0.25, -0.2) is 0 Å². The highest BCUT2D eigenvalue weighted by Crippen LogP contribution is 2.18. The third-order valence-corrected chi connectivity index (χ3v) is 2.87. The molecule has 1 N–H and O–H groups in total. The van der Waals surface area contributed by atoms with E-state index in [1.54, 1.807) is 0 Å². The van der Waals surface area contributed by atoms with Crippen LogP contribution in [-0.4, -0.2) is 25.3 Å². The van der Waals surface area contributed by atoms with Crippen molar-refractivity contribution in [2.45, 2.75) is 57.6 Å². The van der Waals surface area contributed by atoms with Gasteiger partial charge in [0.05, 0.1) is 6.10 Å². The fraction of sp³-hybridized carbons (Fsp3) is 0.846. The molecule has 0 aromatic rings. The first-order valence-corrected chi connectivity index (χ1v) is 6.15. The second kappa shape index (κ2) is 7.73. The molecule has 0 aromatic heterocycles. The average molecular weight is 209 g/mol. The molecule has 1 aliphatic heterocycles. The number of terminal acetylenes is 1. The highest BCUT2D eigenvalue weighted by molar-refractivity contribution is 4.91. The van der Waals surface area contributed by atoms with Gasteiger partial charge in [0.1, 0.15) is 0 Å². The van der Waals surface area contributed by atoms with Gasteiger partial charge in [0, 0.05) is 19.1 Å². The van der Waals surface area contributed by atoms with Crippen molar-refractivity contribution in [2.24, 2.45) is 0 Å². The van der Waals surface area contributed by atoms with Gasteiger partial charge < -0.3 is 10.1 Å². The first kappa shape index (κ1) is 12.5. The third kappa shape index (κ3) is 5.20. The van der Waals surface area contributed by atoms with E-state index in [2.05, 4.69) is 18.2 Å². The van der Waals surface area contributed by atoms with Crippen LogP contribution in [0.3, 0.4) is 0 Å². The number of nitrogens with one attached hydrogen (secondary N) is 1. The SMILES string of the molecule is C#CCC(CC1CCCCO1)NCCC. The zero-order valence-corrected chi connectivity index (χ0v) is 9.80. The molecule has 1 rings (SSSR count). The topological polar surface area (TPSA) is 21.3 Å². The Kier molecular flexibility index (Phi) is 6.47. The molecule has 0 spiro atoms. The summed E-state index contributed by atoms with van der Waals surface area (Å²) in [4.78, 5) is 0. The van der Waals surface area contributed by atoms with Crippen LogP contribution in [0, 0.1) is 12.3 Å². The molecule has 2 atom stereocenters. The second-order valence-electron chi connectivity index (χ2n) is 4.28. The van der Waals surface area contributed by atoms with E-state index in [1.807, 2.05) is 0 Å². The quantitative estimate of drug-likeness (QED) is 0.678. The van der Waals surface area contributed by atoms with E-state index in [4.69, 9.17) is 11.2 Å². The largest absolute Gasteiger partial charge is 0.378 e. The van der Waals surface area contributed by atoms with Gasteiger partial charge in [-0.3, -0.25) is 0 Å². The van der Waals surface area contributed by atoms with Crippen molar-refractivity contribution in [1.29, 1.82) is 0 Å².